The van der Waals surface area contributed by atoms with Crippen LogP contribution < -0.4 is 15.4 Å². The maximum atomic E-state index is 6.18. The van der Waals surface area contributed by atoms with E-state index in [4.69, 9.17) is 19.2 Å². The Labute approximate surface area is 185 Å². The van der Waals surface area contributed by atoms with Gasteiger partial charge in [0.1, 0.15) is 5.75 Å². The number of nitrogens with one attached hydrogen (secondary N) is 2. The molecule has 2 heterocycles. The number of hydrogen-bond acceptors (Lipinski definition) is 5. The van der Waals surface area contributed by atoms with E-state index in [1.54, 1.807) is 0 Å². The normalized spacial score (nSPS) is 21.4. The fraction of sp³-hybridized carbons (Fsp3) is 0.696. The highest BCUT2D eigenvalue weighted by atomic mass is 32.2. The van der Waals surface area contributed by atoms with Crippen molar-refractivity contribution in [2.75, 3.05) is 52.4 Å². The van der Waals surface area contributed by atoms with Crippen LogP contribution >= 0.6 is 11.8 Å². The molecule has 2 N–H and O–H groups in total. The first-order chi connectivity index (χ1) is 14.6. The van der Waals surface area contributed by atoms with E-state index in [1.165, 1.54) is 5.56 Å². The number of guanidine groups is 1. The molecule has 7 heteroatoms. The molecule has 0 aliphatic carbocycles. The molecule has 0 aromatic heterocycles. The van der Waals surface area contributed by atoms with Crippen LogP contribution in [-0.2, 0) is 16.0 Å². The monoisotopic (exact) mass is 435 g/mol. The van der Waals surface area contributed by atoms with E-state index in [-0.39, 0.29) is 4.75 Å². The Hall–Kier alpha value is -1.44. The Morgan fingerprint density at radius 1 is 1.23 bits per heavy atom. The molecule has 6 nitrogen and oxygen atoms in total. The second kappa shape index (κ2) is 11.8. The van der Waals surface area contributed by atoms with Gasteiger partial charge in [0.2, 0.25) is 0 Å². The molecule has 30 heavy (non-hydrogen) atoms. The van der Waals surface area contributed by atoms with Crippen molar-refractivity contribution in [2.45, 2.75) is 44.4 Å². The Kier molecular flexibility index (Phi) is 9.15. The molecule has 2 saturated heterocycles. The highest BCUT2D eigenvalue weighted by Crippen LogP contribution is 2.33. The van der Waals surface area contributed by atoms with Crippen LogP contribution in [0.2, 0.25) is 0 Å². The molecule has 0 radical (unpaired) electrons. The zero-order valence-electron chi connectivity index (χ0n) is 18.7. The lowest BCUT2D eigenvalue weighted by Crippen LogP contribution is -2.47. The average Bonchev–Trinajstić information content (AvgIpc) is 3.29. The molecule has 2 fully saturated rings. The SMILES string of the molecule is CCNC(=NCc1ccc(C)cc1OCC1CCOC1)NCC1(SC)CCOCC1. The molecule has 0 bridgehead atoms. The lowest BCUT2D eigenvalue weighted by atomic mass is 9.99. The predicted octanol–water partition coefficient (Wildman–Crippen LogP) is 3.38. The average molecular weight is 436 g/mol. The van der Waals surface area contributed by atoms with Crippen molar-refractivity contribution < 1.29 is 14.2 Å². The quantitative estimate of drug-likeness (QED) is 0.458. The number of aliphatic imine (C=N–C) groups is 1. The van der Waals surface area contributed by atoms with Crippen molar-refractivity contribution in [2.24, 2.45) is 10.9 Å². The molecule has 1 unspecified atom stereocenters. The van der Waals surface area contributed by atoms with Gasteiger partial charge in [0, 0.05) is 49.1 Å². The third-order valence-electron chi connectivity index (χ3n) is 5.89. The second-order valence-electron chi connectivity index (χ2n) is 8.20. The lowest BCUT2D eigenvalue weighted by molar-refractivity contribution is 0.0783. The topological polar surface area (TPSA) is 64.1 Å². The third kappa shape index (κ3) is 6.79. The smallest absolute Gasteiger partial charge is 0.191 e. The van der Waals surface area contributed by atoms with Gasteiger partial charge >= 0.3 is 0 Å². The fourth-order valence-electron chi connectivity index (χ4n) is 3.80. The summed E-state index contributed by atoms with van der Waals surface area (Å²) >= 11 is 1.93. The summed E-state index contributed by atoms with van der Waals surface area (Å²) in [6.45, 7) is 10.5. The molecule has 2 aliphatic heterocycles. The number of hydrogen-bond donors (Lipinski definition) is 2. The summed E-state index contributed by atoms with van der Waals surface area (Å²) < 4.78 is 17.4. The molecule has 1 aromatic rings. The van der Waals surface area contributed by atoms with Crippen LogP contribution in [0.5, 0.6) is 5.75 Å². The summed E-state index contributed by atoms with van der Waals surface area (Å²) in [5, 5.41) is 6.95. The van der Waals surface area contributed by atoms with Gasteiger partial charge in [-0.3, -0.25) is 0 Å². The summed E-state index contributed by atoms with van der Waals surface area (Å²) in [5.41, 5.74) is 2.31. The molecule has 2 aliphatic rings. The Morgan fingerprint density at radius 2 is 2.07 bits per heavy atom. The number of benzene rings is 1. The summed E-state index contributed by atoms with van der Waals surface area (Å²) in [7, 11) is 0. The zero-order chi connectivity index (χ0) is 21.2. The molecular weight excluding hydrogens is 398 g/mol. The maximum absolute atomic E-state index is 6.18. The van der Waals surface area contributed by atoms with Gasteiger partial charge in [-0.1, -0.05) is 12.1 Å². The first kappa shape index (κ1) is 23.2. The molecule has 1 aromatic carbocycles. The fourth-order valence-corrected chi connectivity index (χ4v) is 4.59. The molecule has 3 rings (SSSR count). The zero-order valence-corrected chi connectivity index (χ0v) is 19.5. The van der Waals surface area contributed by atoms with Crippen LogP contribution in [0.25, 0.3) is 0 Å². The van der Waals surface area contributed by atoms with Gasteiger partial charge in [-0.25, -0.2) is 4.99 Å². The third-order valence-corrected chi connectivity index (χ3v) is 7.31. The van der Waals surface area contributed by atoms with E-state index >= 15 is 0 Å². The van der Waals surface area contributed by atoms with Crippen molar-refractivity contribution in [1.82, 2.24) is 10.6 Å². The Balaban J connectivity index is 1.63. The van der Waals surface area contributed by atoms with E-state index in [1.807, 2.05) is 11.8 Å². The van der Waals surface area contributed by atoms with Gasteiger partial charge < -0.3 is 24.8 Å². The number of ether oxygens (including phenoxy) is 3. The van der Waals surface area contributed by atoms with Crippen LogP contribution in [-0.4, -0.2) is 63.1 Å². The van der Waals surface area contributed by atoms with Crippen molar-refractivity contribution in [3.63, 3.8) is 0 Å². The standard InChI is InChI=1S/C23H37N3O3S/c1-4-24-22(26-17-23(30-3)8-11-27-12-9-23)25-14-20-6-5-18(2)13-21(20)29-16-19-7-10-28-15-19/h5-6,13,19H,4,7-12,14-17H2,1-3H3,(H2,24,25,26). The highest BCUT2D eigenvalue weighted by molar-refractivity contribution is 8.00. The van der Waals surface area contributed by atoms with Crippen LogP contribution in [0, 0.1) is 12.8 Å². The molecule has 168 valence electrons. The minimum Gasteiger partial charge on any atom is -0.493 e. The Bertz CT molecular complexity index is 686. The van der Waals surface area contributed by atoms with E-state index in [0.29, 0.717) is 19.1 Å². The molecular formula is C23H37N3O3S. The van der Waals surface area contributed by atoms with Gasteiger partial charge in [0.05, 0.1) is 19.8 Å². The minimum atomic E-state index is 0.218. The predicted molar refractivity (Wildman–Crippen MR) is 125 cm³/mol. The van der Waals surface area contributed by atoms with Gasteiger partial charge in [-0.05, 0) is 51.0 Å². The van der Waals surface area contributed by atoms with Gasteiger partial charge in [-0.15, -0.1) is 0 Å². The largest absolute Gasteiger partial charge is 0.493 e. The number of nitrogens with zero attached hydrogens (tertiary/aromatic N) is 1. The van der Waals surface area contributed by atoms with E-state index < -0.39 is 0 Å². The Morgan fingerprint density at radius 3 is 2.77 bits per heavy atom. The van der Waals surface area contributed by atoms with Crippen LogP contribution in [0.4, 0.5) is 0 Å². The van der Waals surface area contributed by atoms with Gasteiger partial charge in [0.15, 0.2) is 5.96 Å². The summed E-state index contributed by atoms with van der Waals surface area (Å²) in [6, 6.07) is 6.37. The van der Waals surface area contributed by atoms with E-state index in [0.717, 1.165) is 76.1 Å². The van der Waals surface area contributed by atoms with Crippen molar-refractivity contribution in [3.8, 4) is 5.75 Å². The maximum Gasteiger partial charge on any atom is 0.191 e. The van der Waals surface area contributed by atoms with Crippen molar-refractivity contribution in [1.29, 1.82) is 0 Å². The highest BCUT2D eigenvalue weighted by Gasteiger charge is 2.31. The molecule has 0 saturated carbocycles. The summed E-state index contributed by atoms with van der Waals surface area (Å²) in [4.78, 5) is 4.85. The minimum absolute atomic E-state index is 0.218. The van der Waals surface area contributed by atoms with Crippen LogP contribution in [0.1, 0.15) is 37.3 Å². The molecule has 0 spiro atoms. The van der Waals surface area contributed by atoms with Gasteiger partial charge in [-0.2, -0.15) is 11.8 Å². The first-order valence-electron chi connectivity index (χ1n) is 11.1. The van der Waals surface area contributed by atoms with E-state index in [2.05, 4.69) is 48.9 Å². The number of thioether (sulfide) groups is 1. The van der Waals surface area contributed by atoms with Gasteiger partial charge in [0.25, 0.3) is 0 Å². The lowest BCUT2D eigenvalue weighted by Gasteiger charge is -2.36. The van der Waals surface area contributed by atoms with Crippen LogP contribution in [0.3, 0.4) is 0 Å². The van der Waals surface area contributed by atoms with Crippen molar-refractivity contribution in [3.05, 3.63) is 29.3 Å². The summed E-state index contributed by atoms with van der Waals surface area (Å²) in [6.07, 6.45) is 5.42. The second-order valence-corrected chi connectivity index (χ2v) is 9.47. The number of rotatable bonds is 9. The summed E-state index contributed by atoms with van der Waals surface area (Å²) in [5.74, 6) is 2.28. The number of aryl methyl sites for hydroxylation is 1. The molecule has 1 atom stereocenters. The van der Waals surface area contributed by atoms with Crippen LogP contribution in [0.15, 0.2) is 23.2 Å². The van der Waals surface area contributed by atoms with Crippen molar-refractivity contribution >= 4 is 17.7 Å². The van der Waals surface area contributed by atoms with E-state index in [9.17, 15) is 0 Å². The first-order valence-corrected chi connectivity index (χ1v) is 12.3. The molecule has 0 amide bonds.